The summed E-state index contributed by atoms with van der Waals surface area (Å²) in [5.41, 5.74) is 0. The van der Waals surface area contributed by atoms with Crippen LogP contribution in [0.4, 0.5) is 0 Å². The summed E-state index contributed by atoms with van der Waals surface area (Å²) in [5.74, 6) is -0.907. The number of thiocarbonyl (C=S) groups is 1. The zero-order chi connectivity index (χ0) is 9.68. The highest BCUT2D eigenvalue weighted by atomic mass is 32.2. The van der Waals surface area contributed by atoms with E-state index in [-0.39, 0.29) is 6.42 Å². The van der Waals surface area contributed by atoms with Crippen LogP contribution in [0.5, 0.6) is 0 Å². The van der Waals surface area contributed by atoms with Gasteiger partial charge in [0.05, 0.1) is 23.5 Å². The first-order valence-corrected chi connectivity index (χ1v) is 4.97. The van der Waals surface area contributed by atoms with Gasteiger partial charge < -0.3 is 14.1 Å². The molecular weight excluding hydrogens is 208 g/mol. The molecule has 0 aromatic rings. The number of aliphatic carboxylic acids is 1. The van der Waals surface area contributed by atoms with Crippen molar-refractivity contribution in [1.29, 1.82) is 0 Å². The summed E-state index contributed by atoms with van der Waals surface area (Å²) in [5, 5.41) is 8.41. The van der Waals surface area contributed by atoms with E-state index in [0.717, 1.165) is 13.0 Å². The molecule has 0 fully saturated rings. The van der Waals surface area contributed by atoms with E-state index in [4.69, 9.17) is 17.3 Å². The molecule has 0 amide bonds. The molecule has 0 aliphatic carbocycles. The molecule has 0 spiro atoms. The summed E-state index contributed by atoms with van der Waals surface area (Å²) in [6.07, 6.45) is 4.91. The van der Waals surface area contributed by atoms with E-state index in [0.29, 0.717) is 4.99 Å². The summed E-state index contributed by atoms with van der Waals surface area (Å²) in [6.45, 7) is 0.938. The van der Waals surface area contributed by atoms with E-state index in [1.54, 1.807) is 0 Å². The van der Waals surface area contributed by atoms with E-state index < -0.39 is 5.97 Å². The highest BCUT2D eigenvalue weighted by Crippen LogP contribution is 2.13. The number of carboxylic acids is 1. The molecule has 0 aromatic heterocycles. The van der Waals surface area contributed by atoms with E-state index >= 15 is 0 Å². The van der Waals surface area contributed by atoms with Crippen molar-refractivity contribution in [1.82, 2.24) is 9.03 Å². The minimum Gasteiger partial charge on any atom is -0.481 e. The molecule has 0 radical (unpaired) electrons. The van der Waals surface area contributed by atoms with Crippen molar-refractivity contribution in [2.75, 3.05) is 6.54 Å². The Bertz CT molecular complexity index is 243. The molecule has 13 heavy (non-hydrogen) atoms. The molecule has 1 heterocycles. The van der Waals surface area contributed by atoms with Crippen LogP contribution >= 0.6 is 24.4 Å². The standard InChI is InChI=1S/C7H10N2O2S2/c10-7(11)5-6(12)8-13-9-3-1-2-4-9/h1,3H,2,4-5H2,(H,8,12)(H,10,11). The Labute approximate surface area is 86.3 Å². The lowest BCUT2D eigenvalue weighted by molar-refractivity contribution is -0.135. The van der Waals surface area contributed by atoms with Crippen LogP contribution in [0.1, 0.15) is 12.8 Å². The highest BCUT2D eigenvalue weighted by molar-refractivity contribution is 7.96. The number of rotatable bonds is 4. The van der Waals surface area contributed by atoms with Crippen LogP contribution in [0.25, 0.3) is 0 Å². The Morgan fingerprint density at radius 1 is 1.77 bits per heavy atom. The first kappa shape index (κ1) is 10.3. The zero-order valence-corrected chi connectivity index (χ0v) is 8.53. The predicted molar refractivity (Wildman–Crippen MR) is 56.0 cm³/mol. The van der Waals surface area contributed by atoms with E-state index in [2.05, 4.69) is 10.8 Å². The van der Waals surface area contributed by atoms with E-state index in [1.165, 1.54) is 12.1 Å². The molecule has 1 aliphatic heterocycles. The molecule has 0 saturated heterocycles. The van der Waals surface area contributed by atoms with Crippen LogP contribution in [-0.4, -0.2) is 26.9 Å². The average Bonchev–Trinajstić information content (AvgIpc) is 2.51. The maximum atomic E-state index is 10.2. The SMILES string of the molecule is O=C(O)CC(=S)NSN1C=CCC1. The van der Waals surface area contributed by atoms with Crippen molar-refractivity contribution in [3.05, 3.63) is 12.3 Å². The predicted octanol–water partition coefficient (Wildman–Crippen LogP) is 1.16. The lowest BCUT2D eigenvalue weighted by Crippen LogP contribution is -2.21. The van der Waals surface area contributed by atoms with Crippen molar-refractivity contribution >= 4 is 35.3 Å². The minimum atomic E-state index is -0.907. The summed E-state index contributed by atoms with van der Waals surface area (Å²) in [6, 6.07) is 0. The second-order valence-electron chi connectivity index (χ2n) is 2.50. The number of nitrogens with zero attached hydrogens (tertiary/aromatic N) is 1. The zero-order valence-electron chi connectivity index (χ0n) is 6.90. The maximum absolute atomic E-state index is 10.2. The number of hydrogen-bond acceptors (Lipinski definition) is 4. The molecule has 0 atom stereocenters. The van der Waals surface area contributed by atoms with Crippen LogP contribution in [0.2, 0.25) is 0 Å². The number of carbonyl (C=O) groups is 1. The summed E-state index contributed by atoms with van der Waals surface area (Å²) in [7, 11) is 0. The first-order chi connectivity index (χ1) is 6.18. The monoisotopic (exact) mass is 218 g/mol. The number of hydrogen-bond donors (Lipinski definition) is 2. The third-order valence-corrected chi connectivity index (χ3v) is 2.63. The van der Waals surface area contributed by atoms with Gasteiger partial charge in [-0.05, 0) is 6.42 Å². The van der Waals surface area contributed by atoms with Gasteiger partial charge in [0.25, 0.3) is 0 Å². The lowest BCUT2D eigenvalue weighted by atomic mass is 10.4. The Morgan fingerprint density at radius 2 is 2.54 bits per heavy atom. The Kier molecular flexibility index (Phi) is 4.04. The van der Waals surface area contributed by atoms with E-state index in [1.807, 2.05) is 10.5 Å². The molecule has 0 bridgehead atoms. The van der Waals surface area contributed by atoms with Gasteiger partial charge in [0.2, 0.25) is 0 Å². The Balaban J connectivity index is 2.14. The van der Waals surface area contributed by atoms with Crippen molar-refractivity contribution in [2.24, 2.45) is 0 Å². The normalized spacial score (nSPS) is 14.6. The average molecular weight is 218 g/mol. The molecule has 1 aliphatic rings. The maximum Gasteiger partial charge on any atom is 0.310 e. The molecule has 0 saturated carbocycles. The fourth-order valence-electron chi connectivity index (χ4n) is 0.827. The van der Waals surface area contributed by atoms with Crippen molar-refractivity contribution in [2.45, 2.75) is 12.8 Å². The minimum absolute atomic E-state index is 0.111. The molecule has 1 rings (SSSR count). The van der Waals surface area contributed by atoms with Crippen LogP contribution < -0.4 is 4.72 Å². The quantitative estimate of drug-likeness (QED) is 0.545. The second-order valence-corrected chi connectivity index (χ2v) is 3.85. The largest absolute Gasteiger partial charge is 0.481 e. The fraction of sp³-hybridized carbons (Fsp3) is 0.429. The van der Waals surface area contributed by atoms with Gasteiger partial charge in [-0.1, -0.05) is 18.3 Å². The third-order valence-electron chi connectivity index (χ3n) is 1.38. The molecular formula is C7H10N2O2S2. The van der Waals surface area contributed by atoms with Gasteiger partial charge >= 0.3 is 5.97 Å². The van der Waals surface area contributed by atoms with Gasteiger partial charge in [-0.3, -0.25) is 4.79 Å². The molecule has 0 aromatic carbocycles. The Hall–Kier alpha value is -0.750. The lowest BCUT2D eigenvalue weighted by Gasteiger charge is -2.13. The molecule has 0 unspecified atom stereocenters. The number of nitrogens with one attached hydrogen (secondary N) is 1. The first-order valence-electron chi connectivity index (χ1n) is 3.79. The van der Waals surface area contributed by atoms with Gasteiger partial charge in [-0.15, -0.1) is 0 Å². The van der Waals surface area contributed by atoms with Crippen LogP contribution in [-0.2, 0) is 4.79 Å². The smallest absolute Gasteiger partial charge is 0.310 e. The topological polar surface area (TPSA) is 52.6 Å². The van der Waals surface area contributed by atoms with Crippen molar-refractivity contribution < 1.29 is 9.90 Å². The van der Waals surface area contributed by atoms with Crippen molar-refractivity contribution in [3.8, 4) is 0 Å². The summed E-state index contributed by atoms with van der Waals surface area (Å²) in [4.78, 5) is 10.6. The van der Waals surface area contributed by atoms with E-state index in [9.17, 15) is 4.79 Å². The van der Waals surface area contributed by atoms with Gasteiger partial charge in [-0.2, -0.15) is 0 Å². The van der Waals surface area contributed by atoms with Gasteiger partial charge in [0.15, 0.2) is 0 Å². The second kappa shape index (κ2) is 5.08. The molecule has 72 valence electrons. The van der Waals surface area contributed by atoms with Gasteiger partial charge in [0.1, 0.15) is 0 Å². The molecule has 2 N–H and O–H groups in total. The number of carboxylic acid groups (broad SMARTS) is 1. The van der Waals surface area contributed by atoms with Crippen molar-refractivity contribution in [3.63, 3.8) is 0 Å². The Morgan fingerprint density at radius 3 is 3.08 bits per heavy atom. The molecule has 4 nitrogen and oxygen atoms in total. The highest BCUT2D eigenvalue weighted by Gasteiger charge is 2.07. The van der Waals surface area contributed by atoms with Crippen LogP contribution in [0.15, 0.2) is 12.3 Å². The fourth-order valence-corrected chi connectivity index (χ4v) is 1.70. The van der Waals surface area contributed by atoms with Crippen LogP contribution in [0, 0.1) is 0 Å². The van der Waals surface area contributed by atoms with Crippen LogP contribution in [0.3, 0.4) is 0 Å². The third kappa shape index (κ3) is 4.14. The summed E-state index contributed by atoms with van der Waals surface area (Å²) >= 11 is 6.13. The van der Waals surface area contributed by atoms with Gasteiger partial charge in [-0.25, -0.2) is 0 Å². The van der Waals surface area contributed by atoms with Gasteiger partial charge in [0, 0.05) is 12.7 Å². The summed E-state index contributed by atoms with van der Waals surface area (Å²) < 4.78 is 4.76. The molecule has 6 heteroatoms.